The Morgan fingerprint density at radius 2 is 1.72 bits per heavy atom. The number of carbonyl (C=O) groups excluding carboxylic acids is 1. The molecule has 3 rings (SSSR count). The maximum atomic E-state index is 13.4. The molecule has 0 spiro atoms. The maximum absolute atomic E-state index is 13.4. The van der Waals surface area contributed by atoms with Crippen molar-refractivity contribution < 1.29 is 22.7 Å². The molecule has 1 aliphatic rings. The van der Waals surface area contributed by atoms with E-state index in [2.05, 4.69) is 10.5 Å². The zero-order valence-electron chi connectivity index (χ0n) is 18.4. The van der Waals surface area contributed by atoms with Crippen molar-refractivity contribution in [2.75, 3.05) is 27.3 Å². The second kappa shape index (κ2) is 11.1. The predicted molar refractivity (Wildman–Crippen MR) is 122 cm³/mol. The van der Waals surface area contributed by atoms with Crippen LogP contribution in [0.15, 0.2) is 58.5 Å². The van der Waals surface area contributed by atoms with Crippen LogP contribution in [0.3, 0.4) is 0 Å². The summed E-state index contributed by atoms with van der Waals surface area (Å²) in [5, 5.41) is 4.16. The standard InChI is InChI=1S/C23H29N3O5S/c1-30-21-13-12-20(16-22(21)31-2)32(28,29)26(15-14-18-8-4-3-5-9-18)17-23(27)25-24-19-10-6-7-11-19/h3-5,8-9,12-13,16H,6-7,10-11,14-15,17H2,1-2H3,(H,25,27). The van der Waals surface area contributed by atoms with Gasteiger partial charge in [0.1, 0.15) is 0 Å². The number of hydrogen-bond donors (Lipinski definition) is 1. The van der Waals surface area contributed by atoms with Gasteiger partial charge in [0.2, 0.25) is 10.0 Å². The molecule has 172 valence electrons. The molecule has 8 nitrogen and oxygen atoms in total. The zero-order chi connectivity index (χ0) is 23.0. The van der Waals surface area contributed by atoms with Crippen LogP contribution in [0.5, 0.6) is 11.5 Å². The van der Waals surface area contributed by atoms with E-state index >= 15 is 0 Å². The molecular weight excluding hydrogens is 430 g/mol. The molecule has 1 saturated carbocycles. The first-order valence-corrected chi connectivity index (χ1v) is 12.0. The van der Waals surface area contributed by atoms with Gasteiger partial charge in [-0.25, -0.2) is 13.8 Å². The summed E-state index contributed by atoms with van der Waals surface area (Å²) in [6.45, 7) is -0.190. The summed E-state index contributed by atoms with van der Waals surface area (Å²) in [5.74, 6) is 0.252. The zero-order valence-corrected chi connectivity index (χ0v) is 19.2. The Bertz CT molecular complexity index is 1050. The van der Waals surface area contributed by atoms with Crippen molar-refractivity contribution in [3.8, 4) is 11.5 Å². The van der Waals surface area contributed by atoms with Gasteiger partial charge in [0.15, 0.2) is 11.5 Å². The summed E-state index contributed by atoms with van der Waals surface area (Å²) in [4.78, 5) is 12.6. The van der Waals surface area contributed by atoms with Crippen molar-refractivity contribution in [1.82, 2.24) is 9.73 Å². The fourth-order valence-corrected chi connectivity index (χ4v) is 4.95. The van der Waals surface area contributed by atoms with Gasteiger partial charge in [0.25, 0.3) is 5.91 Å². The summed E-state index contributed by atoms with van der Waals surface area (Å²) >= 11 is 0. The summed E-state index contributed by atoms with van der Waals surface area (Å²) in [6, 6.07) is 13.9. The van der Waals surface area contributed by atoms with Crippen molar-refractivity contribution in [3.05, 3.63) is 54.1 Å². The lowest BCUT2D eigenvalue weighted by Gasteiger charge is -2.22. The smallest absolute Gasteiger partial charge is 0.255 e. The first kappa shape index (κ1) is 23.7. The molecule has 1 N–H and O–H groups in total. The summed E-state index contributed by atoms with van der Waals surface area (Å²) < 4.78 is 38.5. The Morgan fingerprint density at radius 1 is 1.03 bits per heavy atom. The van der Waals surface area contributed by atoms with Crippen LogP contribution in [-0.4, -0.2) is 51.7 Å². The van der Waals surface area contributed by atoms with Gasteiger partial charge in [-0.3, -0.25) is 4.79 Å². The SMILES string of the molecule is COc1ccc(S(=O)(=O)N(CCc2ccccc2)CC(=O)NN=C2CCCC2)cc1OC. The Morgan fingerprint density at radius 3 is 2.38 bits per heavy atom. The van der Waals surface area contributed by atoms with E-state index in [-0.39, 0.29) is 18.0 Å². The highest BCUT2D eigenvalue weighted by atomic mass is 32.2. The van der Waals surface area contributed by atoms with Gasteiger partial charge in [-0.2, -0.15) is 9.41 Å². The highest BCUT2D eigenvalue weighted by molar-refractivity contribution is 7.89. The third kappa shape index (κ3) is 6.08. The number of methoxy groups -OCH3 is 2. The second-order valence-corrected chi connectivity index (χ2v) is 9.45. The minimum atomic E-state index is -3.97. The van der Waals surface area contributed by atoms with Crippen molar-refractivity contribution in [3.63, 3.8) is 0 Å². The number of carbonyl (C=O) groups is 1. The lowest BCUT2D eigenvalue weighted by atomic mass is 10.1. The Hall–Kier alpha value is -2.91. The van der Waals surface area contributed by atoms with Crippen LogP contribution < -0.4 is 14.9 Å². The average Bonchev–Trinajstić information content (AvgIpc) is 3.34. The molecule has 1 amide bonds. The van der Waals surface area contributed by atoms with Crippen molar-refractivity contribution in [1.29, 1.82) is 0 Å². The molecule has 0 radical (unpaired) electrons. The molecule has 2 aromatic rings. The maximum Gasteiger partial charge on any atom is 0.255 e. The van der Waals surface area contributed by atoms with Crippen LogP contribution in [0, 0.1) is 0 Å². The first-order valence-electron chi connectivity index (χ1n) is 10.5. The molecular formula is C23H29N3O5S. The van der Waals surface area contributed by atoms with E-state index in [0.29, 0.717) is 17.9 Å². The highest BCUT2D eigenvalue weighted by Gasteiger charge is 2.28. The van der Waals surface area contributed by atoms with Crippen LogP contribution >= 0.6 is 0 Å². The summed E-state index contributed by atoms with van der Waals surface area (Å²) in [6.07, 6.45) is 4.32. The van der Waals surface area contributed by atoms with Gasteiger partial charge in [-0.15, -0.1) is 0 Å². The van der Waals surface area contributed by atoms with E-state index in [1.165, 1.54) is 36.7 Å². The van der Waals surface area contributed by atoms with Crippen molar-refractivity contribution >= 4 is 21.6 Å². The number of nitrogens with one attached hydrogen (secondary N) is 1. The minimum Gasteiger partial charge on any atom is -0.493 e. The van der Waals surface area contributed by atoms with E-state index in [4.69, 9.17) is 9.47 Å². The monoisotopic (exact) mass is 459 g/mol. The quantitative estimate of drug-likeness (QED) is 0.551. The number of benzene rings is 2. The lowest BCUT2D eigenvalue weighted by molar-refractivity contribution is -0.121. The van der Waals surface area contributed by atoms with Gasteiger partial charge in [-0.05, 0) is 49.8 Å². The van der Waals surface area contributed by atoms with Crippen molar-refractivity contribution in [2.45, 2.75) is 37.0 Å². The van der Waals surface area contributed by atoms with Crippen LogP contribution in [-0.2, 0) is 21.2 Å². The average molecular weight is 460 g/mol. The third-order valence-electron chi connectivity index (χ3n) is 5.32. The Balaban J connectivity index is 1.82. The molecule has 0 unspecified atom stereocenters. The van der Waals surface area contributed by atoms with Gasteiger partial charge in [0, 0.05) is 18.3 Å². The summed E-state index contributed by atoms with van der Waals surface area (Å²) in [5.41, 5.74) is 4.44. The van der Waals surface area contributed by atoms with E-state index < -0.39 is 15.9 Å². The number of rotatable bonds is 10. The molecule has 0 saturated heterocycles. The minimum absolute atomic E-state index is 0.0260. The topological polar surface area (TPSA) is 97.3 Å². The number of ether oxygens (including phenoxy) is 2. The molecule has 0 heterocycles. The molecule has 9 heteroatoms. The fourth-order valence-electron chi connectivity index (χ4n) is 3.54. The number of hydrogen-bond acceptors (Lipinski definition) is 6. The number of amides is 1. The largest absolute Gasteiger partial charge is 0.493 e. The van der Waals surface area contributed by atoms with E-state index in [0.717, 1.165) is 37.0 Å². The van der Waals surface area contributed by atoms with Crippen molar-refractivity contribution in [2.24, 2.45) is 5.10 Å². The normalized spacial score (nSPS) is 13.8. The van der Waals surface area contributed by atoms with Crippen LogP contribution in [0.1, 0.15) is 31.2 Å². The van der Waals surface area contributed by atoms with Crippen LogP contribution in [0.4, 0.5) is 0 Å². The van der Waals surface area contributed by atoms with Gasteiger partial charge < -0.3 is 9.47 Å². The molecule has 0 atom stereocenters. The van der Waals surface area contributed by atoms with Gasteiger partial charge in [-0.1, -0.05) is 30.3 Å². The van der Waals surface area contributed by atoms with E-state index in [1.54, 1.807) is 0 Å². The highest BCUT2D eigenvalue weighted by Crippen LogP contribution is 2.30. The first-order chi connectivity index (χ1) is 15.4. The molecule has 32 heavy (non-hydrogen) atoms. The van der Waals surface area contributed by atoms with E-state index in [1.807, 2.05) is 30.3 Å². The van der Waals surface area contributed by atoms with Crippen LogP contribution in [0.25, 0.3) is 0 Å². The van der Waals surface area contributed by atoms with Gasteiger partial charge in [0.05, 0.1) is 25.7 Å². The molecule has 0 aliphatic heterocycles. The molecule has 0 bridgehead atoms. The predicted octanol–water partition coefficient (Wildman–Crippen LogP) is 2.98. The lowest BCUT2D eigenvalue weighted by Crippen LogP contribution is -2.40. The third-order valence-corrected chi connectivity index (χ3v) is 7.17. The number of sulfonamides is 1. The van der Waals surface area contributed by atoms with Crippen LogP contribution in [0.2, 0.25) is 0 Å². The summed E-state index contributed by atoms with van der Waals surface area (Å²) in [7, 11) is -1.05. The fraction of sp³-hybridized carbons (Fsp3) is 0.391. The number of hydrazone groups is 1. The van der Waals surface area contributed by atoms with Gasteiger partial charge >= 0.3 is 0 Å². The Labute approximate surface area is 189 Å². The molecule has 2 aromatic carbocycles. The molecule has 1 aliphatic carbocycles. The molecule has 0 aromatic heterocycles. The second-order valence-electron chi connectivity index (χ2n) is 7.51. The molecule has 1 fully saturated rings. The number of nitrogens with zero attached hydrogens (tertiary/aromatic N) is 2. The Kier molecular flexibility index (Phi) is 8.24. The van der Waals surface area contributed by atoms with E-state index in [9.17, 15) is 13.2 Å².